The predicted octanol–water partition coefficient (Wildman–Crippen LogP) is 3.14. The standard InChI is InChI=1S/C21H23F3N4O4/c1-10-16(12-9-27-15(21(22,23)24)8-14(12)31-4)17(32-20(10,2)3)19(30)28-11-5-6-26-13(7-11)18(25)29/h5-10,16-17H,1-4H3,(H2,25,29)(H,26,28,30)/t10-,16-,17+/m1/s1. The molecule has 2 amide bonds. The highest BCUT2D eigenvalue weighted by molar-refractivity contribution is 5.97. The molecule has 3 N–H and O–H groups in total. The van der Waals surface area contributed by atoms with E-state index in [1.54, 1.807) is 13.8 Å². The zero-order chi connectivity index (χ0) is 23.8. The third kappa shape index (κ3) is 4.52. The Balaban J connectivity index is 1.98. The number of pyridine rings is 2. The van der Waals surface area contributed by atoms with Gasteiger partial charge in [-0.15, -0.1) is 0 Å². The number of hydrogen-bond donors (Lipinski definition) is 2. The fraction of sp³-hybridized carbons (Fsp3) is 0.429. The summed E-state index contributed by atoms with van der Waals surface area (Å²) in [4.78, 5) is 31.8. The van der Waals surface area contributed by atoms with E-state index in [1.807, 2.05) is 6.92 Å². The summed E-state index contributed by atoms with van der Waals surface area (Å²) in [5.41, 5.74) is 3.92. The topological polar surface area (TPSA) is 116 Å². The molecule has 11 heteroatoms. The van der Waals surface area contributed by atoms with Crippen molar-refractivity contribution in [3.8, 4) is 5.75 Å². The third-order valence-electron chi connectivity index (χ3n) is 5.69. The van der Waals surface area contributed by atoms with Crippen molar-refractivity contribution in [3.63, 3.8) is 0 Å². The molecule has 0 unspecified atom stereocenters. The second-order valence-electron chi connectivity index (χ2n) is 8.05. The van der Waals surface area contributed by atoms with Gasteiger partial charge in [-0.25, -0.2) is 0 Å². The quantitative estimate of drug-likeness (QED) is 0.720. The molecule has 3 rings (SSSR count). The van der Waals surface area contributed by atoms with Crippen molar-refractivity contribution in [1.82, 2.24) is 9.97 Å². The lowest BCUT2D eigenvalue weighted by Gasteiger charge is -2.25. The highest BCUT2D eigenvalue weighted by atomic mass is 19.4. The molecule has 8 nitrogen and oxygen atoms in total. The van der Waals surface area contributed by atoms with Crippen LogP contribution >= 0.6 is 0 Å². The van der Waals surface area contributed by atoms with Gasteiger partial charge in [0.25, 0.3) is 11.8 Å². The molecular formula is C21H23F3N4O4. The Morgan fingerprint density at radius 3 is 2.53 bits per heavy atom. The first-order valence-electron chi connectivity index (χ1n) is 9.71. The van der Waals surface area contributed by atoms with Crippen molar-refractivity contribution in [2.45, 2.75) is 44.6 Å². The Bertz CT molecular complexity index is 1040. The van der Waals surface area contributed by atoms with E-state index in [2.05, 4.69) is 15.3 Å². The van der Waals surface area contributed by atoms with Gasteiger partial charge in [0.15, 0.2) is 0 Å². The van der Waals surface area contributed by atoms with Crippen LogP contribution in [0, 0.1) is 5.92 Å². The molecule has 1 fully saturated rings. The molecule has 32 heavy (non-hydrogen) atoms. The molecule has 0 bridgehead atoms. The molecule has 0 spiro atoms. The van der Waals surface area contributed by atoms with E-state index in [1.165, 1.54) is 25.4 Å². The normalized spacial score (nSPS) is 22.4. The van der Waals surface area contributed by atoms with Gasteiger partial charge in [0.2, 0.25) is 0 Å². The maximum absolute atomic E-state index is 13.1. The summed E-state index contributed by atoms with van der Waals surface area (Å²) in [6.45, 7) is 5.42. The molecule has 2 aromatic rings. The van der Waals surface area contributed by atoms with Crippen LogP contribution in [0.25, 0.3) is 0 Å². The second-order valence-corrected chi connectivity index (χ2v) is 8.05. The van der Waals surface area contributed by atoms with E-state index in [0.717, 1.165) is 12.3 Å². The van der Waals surface area contributed by atoms with Gasteiger partial charge in [-0.2, -0.15) is 13.2 Å². The molecule has 0 aromatic carbocycles. The number of methoxy groups -OCH3 is 1. The van der Waals surface area contributed by atoms with Crippen molar-refractivity contribution < 1.29 is 32.2 Å². The van der Waals surface area contributed by atoms with Gasteiger partial charge in [-0.1, -0.05) is 6.92 Å². The Hall–Kier alpha value is -3.21. The van der Waals surface area contributed by atoms with Gasteiger partial charge in [-0.3, -0.25) is 19.6 Å². The molecule has 1 saturated heterocycles. The molecule has 3 atom stereocenters. The van der Waals surface area contributed by atoms with Crippen molar-refractivity contribution in [3.05, 3.63) is 47.5 Å². The largest absolute Gasteiger partial charge is 0.496 e. The summed E-state index contributed by atoms with van der Waals surface area (Å²) < 4.78 is 50.5. The first kappa shape index (κ1) is 23.5. The Labute approximate surface area is 182 Å². The maximum atomic E-state index is 13.1. The first-order valence-corrected chi connectivity index (χ1v) is 9.71. The highest BCUT2D eigenvalue weighted by Gasteiger charge is 2.51. The zero-order valence-corrected chi connectivity index (χ0v) is 17.9. The number of carbonyl (C=O) groups is 2. The van der Waals surface area contributed by atoms with E-state index >= 15 is 0 Å². The van der Waals surface area contributed by atoms with Crippen molar-refractivity contribution in [1.29, 1.82) is 0 Å². The number of amides is 2. The van der Waals surface area contributed by atoms with Crippen LogP contribution in [0.1, 0.15) is 48.4 Å². The van der Waals surface area contributed by atoms with Gasteiger partial charge in [0.05, 0.1) is 12.7 Å². The van der Waals surface area contributed by atoms with Crippen molar-refractivity contribution >= 4 is 17.5 Å². The van der Waals surface area contributed by atoms with Gasteiger partial charge < -0.3 is 20.5 Å². The number of ether oxygens (including phenoxy) is 2. The summed E-state index contributed by atoms with van der Waals surface area (Å²) in [6, 6.07) is 3.60. The van der Waals surface area contributed by atoms with Crippen LogP contribution in [-0.2, 0) is 15.7 Å². The van der Waals surface area contributed by atoms with E-state index < -0.39 is 41.3 Å². The lowest BCUT2D eigenvalue weighted by atomic mass is 9.78. The zero-order valence-electron chi connectivity index (χ0n) is 17.9. The first-order chi connectivity index (χ1) is 14.8. The van der Waals surface area contributed by atoms with Crippen molar-refractivity contribution in [2.75, 3.05) is 12.4 Å². The summed E-state index contributed by atoms with van der Waals surface area (Å²) >= 11 is 0. The van der Waals surface area contributed by atoms with Gasteiger partial charge in [0.1, 0.15) is 23.2 Å². The Morgan fingerprint density at radius 2 is 1.94 bits per heavy atom. The third-order valence-corrected chi connectivity index (χ3v) is 5.69. The molecule has 2 aromatic heterocycles. The number of rotatable bonds is 5. The van der Waals surface area contributed by atoms with Gasteiger partial charge in [0, 0.05) is 35.6 Å². The Morgan fingerprint density at radius 1 is 1.25 bits per heavy atom. The number of carbonyl (C=O) groups excluding carboxylic acids is 2. The fourth-order valence-electron chi connectivity index (χ4n) is 3.74. The molecule has 3 heterocycles. The number of halogens is 3. The minimum absolute atomic E-state index is 0.0333. The van der Waals surface area contributed by atoms with E-state index in [0.29, 0.717) is 5.56 Å². The van der Waals surface area contributed by atoms with Crippen LogP contribution in [0.4, 0.5) is 18.9 Å². The van der Waals surface area contributed by atoms with Crippen LogP contribution in [0.15, 0.2) is 30.6 Å². The van der Waals surface area contributed by atoms with Crippen LogP contribution in [-0.4, -0.2) is 40.6 Å². The van der Waals surface area contributed by atoms with E-state index in [-0.39, 0.29) is 23.0 Å². The number of alkyl halides is 3. The minimum atomic E-state index is -4.64. The summed E-state index contributed by atoms with van der Waals surface area (Å²) in [5.74, 6) is -2.26. The lowest BCUT2D eigenvalue weighted by molar-refractivity contribution is -0.141. The summed E-state index contributed by atoms with van der Waals surface area (Å²) in [6.07, 6.45) is -3.31. The molecule has 1 aliphatic rings. The number of hydrogen-bond acceptors (Lipinski definition) is 6. The molecule has 0 aliphatic carbocycles. The highest BCUT2D eigenvalue weighted by Crippen LogP contribution is 2.49. The van der Waals surface area contributed by atoms with Crippen LogP contribution in [0.5, 0.6) is 5.75 Å². The lowest BCUT2D eigenvalue weighted by Crippen LogP contribution is -2.33. The second kappa shape index (κ2) is 8.38. The summed E-state index contributed by atoms with van der Waals surface area (Å²) in [7, 11) is 1.25. The van der Waals surface area contributed by atoms with Crippen LogP contribution in [0.2, 0.25) is 0 Å². The maximum Gasteiger partial charge on any atom is 0.433 e. The van der Waals surface area contributed by atoms with E-state index in [4.69, 9.17) is 15.2 Å². The number of anilines is 1. The average molecular weight is 452 g/mol. The molecule has 172 valence electrons. The average Bonchev–Trinajstić information content (AvgIpc) is 2.96. The van der Waals surface area contributed by atoms with E-state index in [9.17, 15) is 22.8 Å². The SMILES string of the molecule is COc1cc(C(F)(F)F)ncc1[C@@H]1[C@@H](C(=O)Nc2ccnc(C(N)=O)c2)OC(C)(C)[C@@H]1C. The monoisotopic (exact) mass is 452 g/mol. The molecule has 0 saturated carbocycles. The molecule has 0 radical (unpaired) electrons. The molecule has 1 aliphatic heterocycles. The minimum Gasteiger partial charge on any atom is -0.496 e. The van der Waals surface area contributed by atoms with Crippen LogP contribution < -0.4 is 15.8 Å². The Kier molecular flexibility index (Phi) is 6.14. The fourth-order valence-corrected chi connectivity index (χ4v) is 3.74. The predicted molar refractivity (Wildman–Crippen MR) is 108 cm³/mol. The number of nitrogens with one attached hydrogen (secondary N) is 1. The van der Waals surface area contributed by atoms with Crippen LogP contribution in [0.3, 0.4) is 0 Å². The number of nitrogens with zero attached hydrogens (tertiary/aromatic N) is 2. The number of nitrogens with two attached hydrogens (primary N) is 1. The van der Waals surface area contributed by atoms with Crippen molar-refractivity contribution in [2.24, 2.45) is 11.7 Å². The number of primary amides is 1. The van der Waals surface area contributed by atoms with Gasteiger partial charge >= 0.3 is 6.18 Å². The summed E-state index contributed by atoms with van der Waals surface area (Å²) in [5, 5.41) is 2.66. The smallest absolute Gasteiger partial charge is 0.433 e. The number of aromatic nitrogens is 2. The van der Waals surface area contributed by atoms with Gasteiger partial charge in [-0.05, 0) is 31.9 Å². The molecular weight excluding hydrogens is 429 g/mol.